The molecule has 4 saturated carbocycles. The summed E-state index contributed by atoms with van der Waals surface area (Å²) in [6.07, 6.45) is 44.3. The third-order valence-electron chi connectivity index (χ3n) is 17.7. The van der Waals surface area contributed by atoms with Gasteiger partial charge >= 0.3 is 0 Å². The van der Waals surface area contributed by atoms with Crippen LogP contribution in [0.1, 0.15) is 163 Å². The van der Waals surface area contributed by atoms with Gasteiger partial charge in [-0.3, -0.25) is 4.90 Å². The Morgan fingerprint density at radius 2 is 1.54 bits per heavy atom. The van der Waals surface area contributed by atoms with Gasteiger partial charge in [-0.05, 0) is 136 Å². The number of likely N-dealkylation sites (tertiary alicyclic amines) is 1. The Kier molecular flexibility index (Phi) is 8.78. The quantitative estimate of drug-likeness (QED) is 0.274. The molecule has 0 N–H and O–H groups in total. The summed E-state index contributed by atoms with van der Waals surface area (Å²) in [7, 11) is 0. The van der Waals surface area contributed by atoms with E-state index >= 15 is 0 Å². The predicted octanol–water partition coefficient (Wildman–Crippen LogP) is 12.6. The van der Waals surface area contributed by atoms with Crippen molar-refractivity contribution < 1.29 is 0 Å². The summed E-state index contributed by atoms with van der Waals surface area (Å²) in [5.74, 6) is 7.60. The lowest BCUT2D eigenvalue weighted by Gasteiger charge is -2.52. The van der Waals surface area contributed by atoms with Gasteiger partial charge in [-0.15, -0.1) is 0 Å². The summed E-state index contributed by atoms with van der Waals surface area (Å²) >= 11 is 0. The van der Waals surface area contributed by atoms with Gasteiger partial charge in [0.15, 0.2) is 0 Å². The molecule has 0 aromatic rings. The van der Waals surface area contributed by atoms with Gasteiger partial charge in [-0.1, -0.05) is 126 Å². The Morgan fingerprint density at radius 1 is 0.729 bits per heavy atom. The zero-order chi connectivity index (χ0) is 32.6. The summed E-state index contributed by atoms with van der Waals surface area (Å²) in [5, 5.41) is 0. The van der Waals surface area contributed by atoms with Gasteiger partial charge in [0.05, 0.1) is 0 Å². The van der Waals surface area contributed by atoms with Crippen LogP contribution in [0.15, 0.2) is 47.1 Å². The molecule has 48 heavy (non-hydrogen) atoms. The van der Waals surface area contributed by atoms with E-state index in [-0.39, 0.29) is 0 Å². The fourth-order valence-corrected chi connectivity index (χ4v) is 15.2. The summed E-state index contributed by atoms with van der Waals surface area (Å²) in [5.41, 5.74) is 6.54. The van der Waals surface area contributed by atoms with Gasteiger partial charge in [0.2, 0.25) is 0 Å². The molecule has 0 spiro atoms. The Labute approximate surface area is 295 Å². The zero-order valence-corrected chi connectivity index (χ0v) is 31.6. The van der Waals surface area contributed by atoms with Crippen molar-refractivity contribution in [1.29, 1.82) is 0 Å². The van der Waals surface area contributed by atoms with Crippen molar-refractivity contribution in [3.63, 3.8) is 0 Å². The SMILES string of the molecule is CC1CC(C2CC[C@@H]3C=C4CCC=CC4C3C2)=CC2(C)C3CCCCC3N(C3CC(C4CCCCC4)=CC(C4(C)CCCCC4C)C3)C12. The van der Waals surface area contributed by atoms with Crippen molar-refractivity contribution in [2.45, 2.75) is 181 Å². The van der Waals surface area contributed by atoms with E-state index in [1.807, 2.05) is 16.7 Å². The molecular formula is C47H71N. The Hall–Kier alpha value is -1.08. The van der Waals surface area contributed by atoms with E-state index in [9.17, 15) is 0 Å². The molecule has 1 saturated heterocycles. The van der Waals surface area contributed by atoms with Gasteiger partial charge in [0, 0.05) is 29.5 Å². The van der Waals surface area contributed by atoms with Gasteiger partial charge in [-0.25, -0.2) is 0 Å². The molecule has 13 atom stereocenters. The summed E-state index contributed by atoms with van der Waals surface area (Å²) in [4.78, 5) is 3.35. The first-order valence-corrected chi connectivity index (χ1v) is 21.9. The minimum Gasteiger partial charge on any atom is -0.293 e. The van der Waals surface area contributed by atoms with Gasteiger partial charge in [0.1, 0.15) is 0 Å². The molecule has 1 heterocycles. The molecule has 5 fully saturated rings. The van der Waals surface area contributed by atoms with Crippen molar-refractivity contribution in [3.8, 4) is 0 Å². The number of fused-ring (bicyclic) bond motifs is 6. The van der Waals surface area contributed by atoms with Crippen LogP contribution in [-0.2, 0) is 0 Å². The standard InChI is InChI=1S/C47H71N/c1-31-24-38(34-21-22-36-25-35-17-8-9-18-41(35)42(36)28-34)30-47(4)43-19-10-11-20-44(43)48(45(31)47)40-27-37(33-15-6-5-7-16-33)26-39(29-40)46(3)23-13-12-14-32(46)2/h9,18,25-26,30-34,36,39-45H,5-8,10-17,19-24,27-29H2,1-4H3/t31?,32?,34?,36-,39?,40?,41?,42?,43?,44?,45?,46?,47?/m1/s1. The lowest BCUT2D eigenvalue weighted by atomic mass is 9.57. The first-order chi connectivity index (χ1) is 23.3. The van der Waals surface area contributed by atoms with Crippen LogP contribution in [0.4, 0.5) is 0 Å². The molecule has 1 aliphatic heterocycles. The van der Waals surface area contributed by atoms with E-state index in [0.717, 1.165) is 71.4 Å². The number of hydrogen-bond acceptors (Lipinski definition) is 1. The fraction of sp³-hybridized carbons (Fsp3) is 0.830. The van der Waals surface area contributed by atoms with E-state index in [2.05, 4.69) is 63.0 Å². The zero-order valence-electron chi connectivity index (χ0n) is 31.6. The smallest absolute Gasteiger partial charge is 0.0222 e. The maximum absolute atomic E-state index is 3.35. The summed E-state index contributed by atoms with van der Waals surface area (Å²) in [6.45, 7) is 10.9. The van der Waals surface area contributed by atoms with Crippen LogP contribution in [0.25, 0.3) is 0 Å². The molecule has 264 valence electrons. The first kappa shape index (κ1) is 32.8. The molecule has 12 unspecified atom stereocenters. The Bertz CT molecular complexity index is 1320. The van der Waals surface area contributed by atoms with Gasteiger partial charge in [0.25, 0.3) is 0 Å². The highest BCUT2D eigenvalue weighted by Crippen LogP contribution is 2.62. The van der Waals surface area contributed by atoms with Gasteiger partial charge in [-0.2, -0.15) is 0 Å². The highest BCUT2D eigenvalue weighted by atomic mass is 15.3. The van der Waals surface area contributed by atoms with Crippen LogP contribution in [0.3, 0.4) is 0 Å². The average Bonchev–Trinajstić information content (AvgIpc) is 3.62. The first-order valence-electron chi connectivity index (χ1n) is 21.9. The maximum atomic E-state index is 3.35. The third kappa shape index (κ3) is 5.38. The lowest BCUT2D eigenvalue weighted by Crippen LogP contribution is -2.53. The number of hydrogen-bond donors (Lipinski definition) is 0. The summed E-state index contributed by atoms with van der Waals surface area (Å²) < 4.78 is 0. The van der Waals surface area contributed by atoms with Crippen molar-refractivity contribution in [1.82, 2.24) is 4.90 Å². The van der Waals surface area contributed by atoms with Crippen LogP contribution in [0, 0.1) is 64.1 Å². The van der Waals surface area contributed by atoms with Crippen LogP contribution in [0.2, 0.25) is 0 Å². The van der Waals surface area contributed by atoms with Crippen LogP contribution in [0.5, 0.6) is 0 Å². The van der Waals surface area contributed by atoms with Gasteiger partial charge < -0.3 is 0 Å². The second kappa shape index (κ2) is 12.8. The molecule has 0 bridgehead atoms. The van der Waals surface area contributed by atoms with Crippen LogP contribution in [-0.4, -0.2) is 23.0 Å². The van der Waals surface area contributed by atoms with Crippen molar-refractivity contribution in [2.24, 2.45) is 64.1 Å². The second-order valence-corrected chi connectivity index (χ2v) is 20.1. The number of allylic oxidation sites excluding steroid dienone is 6. The molecule has 0 aromatic carbocycles. The van der Waals surface area contributed by atoms with Crippen LogP contribution >= 0.6 is 0 Å². The van der Waals surface area contributed by atoms with Crippen molar-refractivity contribution >= 4 is 0 Å². The van der Waals surface area contributed by atoms with E-state index in [4.69, 9.17) is 0 Å². The minimum absolute atomic E-state index is 0.364. The average molecular weight is 650 g/mol. The highest BCUT2D eigenvalue weighted by Gasteiger charge is 2.61. The van der Waals surface area contributed by atoms with E-state index in [1.54, 1.807) is 0 Å². The maximum Gasteiger partial charge on any atom is 0.0222 e. The largest absolute Gasteiger partial charge is 0.293 e. The van der Waals surface area contributed by atoms with E-state index in [1.165, 1.54) is 135 Å². The highest BCUT2D eigenvalue weighted by molar-refractivity contribution is 5.32. The summed E-state index contributed by atoms with van der Waals surface area (Å²) in [6, 6.07) is 2.35. The third-order valence-corrected chi connectivity index (χ3v) is 17.7. The molecule has 9 aliphatic rings. The second-order valence-electron chi connectivity index (χ2n) is 20.1. The monoisotopic (exact) mass is 650 g/mol. The molecule has 0 aromatic heterocycles. The fourth-order valence-electron chi connectivity index (χ4n) is 15.2. The number of nitrogens with zero attached hydrogens (tertiary/aromatic N) is 1. The molecule has 0 radical (unpaired) electrons. The molecule has 9 rings (SSSR count). The molecule has 0 amide bonds. The predicted molar refractivity (Wildman–Crippen MR) is 203 cm³/mol. The van der Waals surface area contributed by atoms with E-state index < -0.39 is 0 Å². The van der Waals surface area contributed by atoms with Crippen molar-refractivity contribution in [3.05, 3.63) is 47.1 Å². The Morgan fingerprint density at radius 3 is 2.40 bits per heavy atom. The van der Waals surface area contributed by atoms with Crippen molar-refractivity contribution in [2.75, 3.05) is 0 Å². The molecule has 1 nitrogen and oxygen atoms in total. The van der Waals surface area contributed by atoms with E-state index in [0.29, 0.717) is 10.8 Å². The Balaban J connectivity index is 1.03. The molecular weight excluding hydrogens is 579 g/mol. The molecule has 1 heteroatoms. The topological polar surface area (TPSA) is 3.24 Å². The van der Waals surface area contributed by atoms with Crippen LogP contribution < -0.4 is 0 Å². The number of rotatable bonds is 4. The minimum atomic E-state index is 0.364. The lowest BCUT2D eigenvalue weighted by molar-refractivity contribution is 0.00991. The normalized spacial score (nSPS) is 49.7. The molecule has 8 aliphatic carbocycles.